The Hall–Kier alpha value is -0.860. The Morgan fingerprint density at radius 1 is 1.53 bits per heavy atom. The molecule has 0 amide bonds. The highest BCUT2D eigenvalue weighted by molar-refractivity contribution is 5.99. The first kappa shape index (κ1) is 12.2. The Kier molecular flexibility index (Phi) is 3.89. The molecule has 0 bridgehead atoms. The van der Waals surface area contributed by atoms with Crippen molar-refractivity contribution in [1.82, 2.24) is 0 Å². The molecule has 0 N–H and O–H groups in total. The summed E-state index contributed by atoms with van der Waals surface area (Å²) in [5.41, 5.74) is 0.0973. The molecule has 0 aromatic rings. The van der Waals surface area contributed by atoms with Crippen molar-refractivity contribution in [3.05, 3.63) is 0 Å². The van der Waals surface area contributed by atoms with Gasteiger partial charge in [-0.1, -0.05) is 20.3 Å². The van der Waals surface area contributed by atoms with E-state index in [-0.39, 0.29) is 17.2 Å². The normalized spacial score (nSPS) is 31.4. The summed E-state index contributed by atoms with van der Waals surface area (Å²) in [7, 11) is 0. The first-order valence-electron chi connectivity index (χ1n) is 5.72. The summed E-state index contributed by atoms with van der Waals surface area (Å²) in [6.45, 7) is 6.33. The highest BCUT2D eigenvalue weighted by Crippen LogP contribution is 2.39. The van der Waals surface area contributed by atoms with Crippen LogP contribution in [-0.4, -0.2) is 18.4 Å². The Morgan fingerprint density at radius 3 is 2.67 bits per heavy atom. The van der Waals surface area contributed by atoms with Gasteiger partial charge in [-0.2, -0.15) is 0 Å². The van der Waals surface area contributed by atoms with Crippen molar-refractivity contribution < 1.29 is 14.3 Å². The molecule has 0 aromatic heterocycles. The molecule has 1 saturated carbocycles. The lowest BCUT2D eigenvalue weighted by Crippen LogP contribution is -2.36. The predicted octanol–water partition coefficient (Wildman–Crippen LogP) is 2.33. The summed E-state index contributed by atoms with van der Waals surface area (Å²) >= 11 is 0. The van der Waals surface area contributed by atoms with Crippen LogP contribution < -0.4 is 0 Å². The van der Waals surface area contributed by atoms with Crippen molar-refractivity contribution in [3.8, 4) is 0 Å². The van der Waals surface area contributed by atoms with Crippen LogP contribution in [-0.2, 0) is 14.3 Å². The summed E-state index contributed by atoms with van der Waals surface area (Å²) in [5.74, 6) is -0.769. The third-order valence-electron chi connectivity index (χ3n) is 3.45. The highest BCUT2D eigenvalue weighted by atomic mass is 16.5. The molecule has 1 fully saturated rings. The van der Waals surface area contributed by atoms with Crippen LogP contribution >= 0.6 is 0 Å². The van der Waals surface area contributed by atoms with E-state index in [1.54, 1.807) is 6.92 Å². The fourth-order valence-electron chi connectivity index (χ4n) is 2.08. The van der Waals surface area contributed by atoms with Crippen molar-refractivity contribution in [2.75, 3.05) is 6.61 Å². The van der Waals surface area contributed by atoms with Crippen LogP contribution in [0.25, 0.3) is 0 Å². The van der Waals surface area contributed by atoms with E-state index in [1.807, 2.05) is 0 Å². The van der Waals surface area contributed by atoms with Crippen molar-refractivity contribution in [3.63, 3.8) is 0 Å². The van der Waals surface area contributed by atoms with E-state index in [4.69, 9.17) is 4.74 Å². The standard InChI is InChI=1S/C12H20O3/c1-4-12(3)7-6-9(10(13)8-12)11(14)15-5-2/h9H,4-8H2,1-3H3. The Balaban J connectivity index is 2.60. The molecule has 0 spiro atoms. The third kappa shape index (κ3) is 2.80. The van der Waals surface area contributed by atoms with Crippen molar-refractivity contribution in [2.24, 2.45) is 11.3 Å². The molecule has 1 rings (SSSR count). The molecule has 0 saturated heterocycles. The number of carbonyl (C=O) groups excluding carboxylic acids is 2. The number of carbonyl (C=O) groups is 2. The van der Waals surface area contributed by atoms with E-state index in [0.29, 0.717) is 19.4 Å². The number of Topliss-reactive ketones (excluding diaryl/α,β-unsaturated/α-hetero) is 1. The average Bonchev–Trinajstić information content (AvgIpc) is 2.18. The van der Waals surface area contributed by atoms with Crippen LogP contribution in [0.3, 0.4) is 0 Å². The number of esters is 1. The first-order chi connectivity index (χ1) is 7.02. The predicted molar refractivity (Wildman–Crippen MR) is 57.4 cm³/mol. The maximum atomic E-state index is 11.8. The monoisotopic (exact) mass is 212 g/mol. The van der Waals surface area contributed by atoms with Gasteiger partial charge in [-0.15, -0.1) is 0 Å². The number of hydrogen-bond donors (Lipinski definition) is 0. The number of hydrogen-bond acceptors (Lipinski definition) is 3. The third-order valence-corrected chi connectivity index (χ3v) is 3.45. The molecule has 2 atom stereocenters. The topological polar surface area (TPSA) is 43.4 Å². The van der Waals surface area contributed by atoms with E-state index >= 15 is 0 Å². The fraction of sp³-hybridized carbons (Fsp3) is 0.833. The van der Waals surface area contributed by atoms with Gasteiger partial charge in [0, 0.05) is 6.42 Å². The van der Waals surface area contributed by atoms with E-state index in [0.717, 1.165) is 12.8 Å². The van der Waals surface area contributed by atoms with Crippen LogP contribution in [0.2, 0.25) is 0 Å². The van der Waals surface area contributed by atoms with E-state index in [2.05, 4.69) is 13.8 Å². The smallest absolute Gasteiger partial charge is 0.316 e. The molecule has 15 heavy (non-hydrogen) atoms. The molecular weight excluding hydrogens is 192 g/mol. The molecule has 0 heterocycles. The lowest BCUT2D eigenvalue weighted by Gasteiger charge is -2.34. The molecule has 1 aliphatic rings. The van der Waals surface area contributed by atoms with Crippen molar-refractivity contribution in [2.45, 2.75) is 46.5 Å². The zero-order valence-corrected chi connectivity index (χ0v) is 9.84. The minimum atomic E-state index is -0.496. The molecular formula is C12H20O3. The SMILES string of the molecule is CCOC(=O)C1CCC(C)(CC)CC1=O. The summed E-state index contributed by atoms with van der Waals surface area (Å²) in [4.78, 5) is 23.2. The van der Waals surface area contributed by atoms with Gasteiger partial charge in [0.1, 0.15) is 11.7 Å². The fourth-order valence-corrected chi connectivity index (χ4v) is 2.08. The summed E-state index contributed by atoms with van der Waals surface area (Å²) in [6, 6.07) is 0. The number of ketones is 1. The van der Waals surface area contributed by atoms with E-state index in [9.17, 15) is 9.59 Å². The minimum absolute atomic E-state index is 0.0593. The lowest BCUT2D eigenvalue weighted by atomic mass is 9.69. The van der Waals surface area contributed by atoms with Crippen LogP contribution in [0.4, 0.5) is 0 Å². The maximum absolute atomic E-state index is 11.8. The number of ether oxygens (including phenoxy) is 1. The molecule has 0 aromatic carbocycles. The van der Waals surface area contributed by atoms with Crippen LogP contribution in [0, 0.1) is 11.3 Å². The summed E-state index contributed by atoms with van der Waals surface area (Å²) in [6.07, 6.45) is 3.11. The van der Waals surface area contributed by atoms with Gasteiger partial charge < -0.3 is 4.74 Å². The first-order valence-corrected chi connectivity index (χ1v) is 5.72. The second-order valence-electron chi connectivity index (χ2n) is 4.65. The molecule has 3 nitrogen and oxygen atoms in total. The van der Waals surface area contributed by atoms with Crippen LogP contribution in [0.5, 0.6) is 0 Å². The van der Waals surface area contributed by atoms with Gasteiger partial charge in [-0.05, 0) is 25.2 Å². The van der Waals surface area contributed by atoms with Gasteiger partial charge in [0.05, 0.1) is 6.61 Å². The maximum Gasteiger partial charge on any atom is 0.316 e. The second kappa shape index (κ2) is 4.77. The summed E-state index contributed by atoms with van der Waals surface area (Å²) in [5, 5.41) is 0. The van der Waals surface area contributed by atoms with Crippen molar-refractivity contribution >= 4 is 11.8 Å². The van der Waals surface area contributed by atoms with Gasteiger partial charge in [-0.25, -0.2) is 0 Å². The highest BCUT2D eigenvalue weighted by Gasteiger charge is 2.39. The molecule has 1 aliphatic carbocycles. The van der Waals surface area contributed by atoms with Gasteiger partial charge in [0.2, 0.25) is 0 Å². The van der Waals surface area contributed by atoms with E-state index in [1.165, 1.54) is 0 Å². The minimum Gasteiger partial charge on any atom is -0.465 e. The second-order valence-corrected chi connectivity index (χ2v) is 4.65. The Morgan fingerprint density at radius 2 is 2.20 bits per heavy atom. The molecule has 0 aliphatic heterocycles. The molecule has 86 valence electrons. The lowest BCUT2D eigenvalue weighted by molar-refractivity contribution is -0.154. The van der Waals surface area contributed by atoms with Crippen LogP contribution in [0.1, 0.15) is 46.5 Å². The molecule has 2 unspecified atom stereocenters. The average molecular weight is 212 g/mol. The van der Waals surface area contributed by atoms with Gasteiger partial charge >= 0.3 is 5.97 Å². The molecule has 3 heteroatoms. The quantitative estimate of drug-likeness (QED) is 0.532. The van der Waals surface area contributed by atoms with Crippen LogP contribution in [0.15, 0.2) is 0 Å². The largest absolute Gasteiger partial charge is 0.465 e. The zero-order chi connectivity index (χ0) is 11.5. The Labute approximate surface area is 91.2 Å². The van der Waals surface area contributed by atoms with Crippen molar-refractivity contribution in [1.29, 1.82) is 0 Å². The molecule has 0 radical (unpaired) electrons. The van der Waals surface area contributed by atoms with E-state index < -0.39 is 5.92 Å². The van der Waals surface area contributed by atoms with Gasteiger partial charge in [0.25, 0.3) is 0 Å². The number of rotatable bonds is 3. The van der Waals surface area contributed by atoms with Gasteiger partial charge in [0.15, 0.2) is 0 Å². The zero-order valence-electron chi connectivity index (χ0n) is 9.84. The Bertz CT molecular complexity index is 260. The van der Waals surface area contributed by atoms with Gasteiger partial charge in [-0.3, -0.25) is 9.59 Å². The summed E-state index contributed by atoms with van der Waals surface area (Å²) < 4.78 is 4.89.